The van der Waals surface area contributed by atoms with Gasteiger partial charge in [0.2, 0.25) is 17.5 Å². The Morgan fingerprint density at radius 1 is 1.53 bits per heavy atom. The molecule has 3 heterocycles. The minimum Gasteiger partial charge on any atom is -0.493 e. The summed E-state index contributed by atoms with van der Waals surface area (Å²) in [4.78, 5) is 18.0. The monoisotopic (exact) mass is 232 g/mol. The van der Waals surface area contributed by atoms with Crippen LogP contribution in [0.2, 0.25) is 0 Å². The Morgan fingerprint density at radius 2 is 2.35 bits per heavy atom. The van der Waals surface area contributed by atoms with Crippen molar-refractivity contribution in [3.05, 3.63) is 34.3 Å². The van der Waals surface area contributed by atoms with Gasteiger partial charge in [0, 0.05) is 0 Å². The molecule has 17 heavy (non-hydrogen) atoms. The quantitative estimate of drug-likeness (QED) is 0.643. The standard InChI is InChI=1S/C10H8N4O3/c1-5-8(15)12-10-11-7(6-3-2-4-17-6)13-14(10)9(5)16/h2-4,16H,1H3,(H,11,12,13,15). The van der Waals surface area contributed by atoms with E-state index in [2.05, 4.69) is 15.1 Å². The van der Waals surface area contributed by atoms with Crippen molar-refractivity contribution in [2.24, 2.45) is 0 Å². The fraction of sp³-hybridized carbons (Fsp3) is 0.100. The van der Waals surface area contributed by atoms with Crippen molar-refractivity contribution in [1.29, 1.82) is 0 Å². The highest BCUT2D eigenvalue weighted by molar-refractivity contribution is 5.50. The molecule has 0 unspecified atom stereocenters. The van der Waals surface area contributed by atoms with Gasteiger partial charge in [-0.15, -0.1) is 5.10 Å². The molecule has 0 saturated carbocycles. The van der Waals surface area contributed by atoms with Gasteiger partial charge < -0.3 is 9.52 Å². The van der Waals surface area contributed by atoms with E-state index >= 15 is 0 Å². The van der Waals surface area contributed by atoms with Gasteiger partial charge >= 0.3 is 0 Å². The minimum atomic E-state index is -0.395. The molecule has 86 valence electrons. The van der Waals surface area contributed by atoms with Crippen LogP contribution in [-0.2, 0) is 0 Å². The zero-order valence-corrected chi connectivity index (χ0v) is 8.84. The van der Waals surface area contributed by atoms with Crippen LogP contribution in [0.5, 0.6) is 5.88 Å². The number of H-pyrrole nitrogens is 1. The molecule has 0 aliphatic carbocycles. The van der Waals surface area contributed by atoms with Crippen molar-refractivity contribution < 1.29 is 9.52 Å². The Morgan fingerprint density at radius 3 is 3.06 bits per heavy atom. The largest absolute Gasteiger partial charge is 0.493 e. The van der Waals surface area contributed by atoms with Crippen LogP contribution in [0.3, 0.4) is 0 Å². The van der Waals surface area contributed by atoms with E-state index in [9.17, 15) is 9.90 Å². The summed E-state index contributed by atoms with van der Waals surface area (Å²) in [5.41, 5.74) is -0.207. The average Bonchev–Trinajstić information content (AvgIpc) is 2.93. The molecule has 0 spiro atoms. The van der Waals surface area contributed by atoms with E-state index in [4.69, 9.17) is 4.42 Å². The molecule has 7 nitrogen and oxygen atoms in total. The average molecular weight is 232 g/mol. The number of hydrogen-bond donors (Lipinski definition) is 2. The number of aromatic amines is 1. The van der Waals surface area contributed by atoms with Gasteiger partial charge in [-0.05, 0) is 19.1 Å². The van der Waals surface area contributed by atoms with Gasteiger partial charge in [0.1, 0.15) is 0 Å². The third kappa shape index (κ3) is 1.32. The second kappa shape index (κ2) is 3.21. The molecule has 0 aliphatic heterocycles. The predicted octanol–water partition coefficient (Wildman–Crippen LogP) is 0.692. The van der Waals surface area contributed by atoms with Crippen molar-refractivity contribution in [2.45, 2.75) is 6.92 Å². The summed E-state index contributed by atoms with van der Waals surface area (Å²) >= 11 is 0. The SMILES string of the molecule is Cc1c(O)n2nc(-c3ccco3)nc2[nH]c1=O. The lowest BCUT2D eigenvalue weighted by Gasteiger charge is -1.97. The second-order valence-corrected chi connectivity index (χ2v) is 3.55. The molecule has 0 bridgehead atoms. The number of rotatable bonds is 1. The van der Waals surface area contributed by atoms with E-state index in [1.807, 2.05) is 0 Å². The molecule has 0 fully saturated rings. The number of aromatic hydroxyl groups is 1. The van der Waals surface area contributed by atoms with Crippen LogP contribution in [0.1, 0.15) is 5.56 Å². The van der Waals surface area contributed by atoms with E-state index in [0.717, 1.165) is 4.52 Å². The molecule has 0 amide bonds. The summed E-state index contributed by atoms with van der Waals surface area (Å²) < 4.78 is 6.30. The summed E-state index contributed by atoms with van der Waals surface area (Å²) in [5, 5.41) is 13.8. The molecule has 3 aromatic rings. The minimum absolute atomic E-state index is 0.171. The van der Waals surface area contributed by atoms with Gasteiger partial charge in [0.25, 0.3) is 5.56 Å². The molecular formula is C10H8N4O3. The lowest BCUT2D eigenvalue weighted by Crippen LogP contribution is -2.12. The lowest BCUT2D eigenvalue weighted by molar-refractivity contribution is 0.429. The van der Waals surface area contributed by atoms with Gasteiger partial charge in [-0.3, -0.25) is 9.78 Å². The number of furan rings is 1. The number of nitrogens with one attached hydrogen (secondary N) is 1. The van der Waals surface area contributed by atoms with Crippen molar-refractivity contribution >= 4 is 5.78 Å². The molecule has 7 heteroatoms. The van der Waals surface area contributed by atoms with Crippen molar-refractivity contribution in [3.8, 4) is 17.5 Å². The molecule has 3 rings (SSSR count). The maximum atomic E-state index is 11.4. The summed E-state index contributed by atoms with van der Waals surface area (Å²) in [6.07, 6.45) is 1.49. The number of fused-ring (bicyclic) bond motifs is 1. The molecule has 2 N–H and O–H groups in total. The Balaban J connectivity index is 2.34. The normalized spacial score (nSPS) is 11.1. The van der Waals surface area contributed by atoms with Gasteiger partial charge in [-0.2, -0.15) is 9.50 Å². The van der Waals surface area contributed by atoms with Gasteiger partial charge in [-0.25, -0.2) is 0 Å². The van der Waals surface area contributed by atoms with E-state index < -0.39 is 5.56 Å². The first-order chi connectivity index (χ1) is 8.16. The first-order valence-corrected chi connectivity index (χ1v) is 4.89. The molecule has 0 radical (unpaired) electrons. The van der Waals surface area contributed by atoms with Gasteiger partial charge in [0.15, 0.2) is 5.76 Å². The Hall–Kier alpha value is -2.57. The highest BCUT2D eigenvalue weighted by Gasteiger charge is 2.14. The Labute approximate surface area is 94.3 Å². The van der Waals surface area contributed by atoms with E-state index in [1.54, 1.807) is 12.1 Å². The summed E-state index contributed by atoms with van der Waals surface area (Å²) in [6, 6.07) is 3.39. The molecule has 0 atom stereocenters. The highest BCUT2D eigenvalue weighted by Crippen LogP contribution is 2.18. The fourth-order valence-electron chi connectivity index (χ4n) is 1.51. The Kier molecular flexibility index (Phi) is 1.82. The van der Waals surface area contributed by atoms with Crippen molar-refractivity contribution in [3.63, 3.8) is 0 Å². The maximum Gasteiger partial charge on any atom is 0.259 e. The third-order valence-corrected chi connectivity index (χ3v) is 2.45. The van der Waals surface area contributed by atoms with E-state index in [-0.39, 0.29) is 17.2 Å². The van der Waals surface area contributed by atoms with Crippen molar-refractivity contribution in [1.82, 2.24) is 19.6 Å². The predicted molar refractivity (Wildman–Crippen MR) is 57.7 cm³/mol. The third-order valence-electron chi connectivity index (χ3n) is 2.45. The van der Waals surface area contributed by atoms with E-state index in [1.165, 1.54) is 13.2 Å². The molecule has 0 saturated heterocycles. The van der Waals surface area contributed by atoms with Crippen LogP contribution in [0.15, 0.2) is 27.6 Å². The second-order valence-electron chi connectivity index (χ2n) is 3.55. The van der Waals surface area contributed by atoms with Crippen LogP contribution in [0.25, 0.3) is 17.4 Å². The van der Waals surface area contributed by atoms with Crippen LogP contribution >= 0.6 is 0 Å². The van der Waals surface area contributed by atoms with Crippen LogP contribution < -0.4 is 5.56 Å². The summed E-state index contributed by atoms with van der Waals surface area (Å²) in [7, 11) is 0. The van der Waals surface area contributed by atoms with Crippen molar-refractivity contribution in [2.75, 3.05) is 0 Å². The Bertz CT molecular complexity index is 739. The first-order valence-electron chi connectivity index (χ1n) is 4.89. The first kappa shape index (κ1) is 9.64. The molecular weight excluding hydrogens is 224 g/mol. The smallest absolute Gasteiger partial charge is 0.259 e. The van der Waals surface area contributed by atoms with Gasteiger partial charge in [-0.1, -0.05) is 0 Å². The van der Waals surface area contributed by atoms with Crippen LogP contribution in [-0.4, -0.2) is 24.7 Å². The van der Waals surface area contributed by atoms with Gasteiger partial charge in [0.05, 0.1) is 11.8 Å². The summed E-state index contributed by atoms with van der Waals surface area (Å²) in [6.45, 7) is 1.50. The number of aromatic nitrogens is 4. The lowest BCUT2D eigenvalue weighted by atomic mass is 10.4. The highest BCUT2D eigenvalue weighted by atomic mass is 16.3. The zero-order valence-electron chi connectivity index (χ0n) is 8.84. The van der Waals surface area contributed by atoms with E-state index in [0.29, 0.717) is 11.6 Å². The molecule has 3 aromatic heterocycles. The van der Waals surface area contributed by atoms with Crippen LogP contribution in [0.4, 0.5) is 0 Å². The number of nitrogens with zero attached hydrogens (tertiary/aromatic N) is 3. The maximum absolute atomic E-state index is 11.4. The topological polar surface area (TPSA) is 96.4 Å². The van der Waals surface area contributed by atoms with Crippen LogP contribution in [0, 0.1) is 6.92 Å². The fourth-order valence-corrected chi connectivity index (χ4v) is 1.51. The summed E-state index contributed by atoms with van der Waals surface area (Å²) in [5.74, 6) is 0.705. The molecule has 0 aliphatic rings. The number of hydrogen-bond acceptors (Lipinski definition) is 5. The molecule has 0 aromatic carbocycles. The zero-order chi connectivity index (χ0) is 12.0.